The van der Waals surface area contributed by atoms with Gasteiger partial charge in [-0.3, -0.25) is 4.79 Å². The number of hydrogen-bond acceptors (Lipinski definition) is 1. The minimum Gasteiger partial charge on any atom is -0.346 e. The molecule has 0 aliphatic heterocycles. The molecular weight excluding hydrogens is 270 g/mol. The number of hydrogen-bond donors (Lipinski definition) is 0. The molecule has 0 aromatic heterocycles. The quantitative estimate of drug-likeness (QED) is 0.330. The Kier molecular flexibility index (Phi) is 15.0. The van der Waals surface area contributed by atoms with Gasteiger partial charge in [0.05, 0.1) is 0 Å². The predicted octanol–water partition coefficient (Wildman–Crippen LogP) is 6.19. The Bertz CT molecular complexity index is 228. The van der Waals surface area contributed by atoms with Crippen molar-refractivity contribution < 1.29 is 4.79 Å². The molecule has 0 aromatic rings. The second kappa shape index (κ2) is 15.4. The summed E-state index contributed by atoms with van der Waals surface area (Å²) >= 11 is 0. The lowest BCUT2D eigenvalue weighted by Crippen LogP contribution is -2.32. The molecule has 0 heterocycles. The highest BCUT2D eigenvalue weighted by molar-refractivity contribution is 5.78. The zero-order chi connectivity index (χ0) is 16.6. The first-order chi connectivity index (χ1) is 10.6. The fourth-order valence-corrected chi connectivity index (χ4v) is 2.97. The van der Waals surface area contributed by atoms with E-state index in [2.05, 4.69) is 20.8 Å². The SMILES string of the molecule is CCCCCCCCC(C)C(=O)N(C)CCCCCCCC. The molecule has 0 spiro atoms. The molecule has 0 aliphatic rings. The minimum atomic E-state index is 0.205. The third-order valence-electron chi connectivity index (χ3n) is 4.64. The van der Waals surface area contributed by atoms with E-state index in [4.69, 9.17) is 0 Å². The van der Waals surface area contributed by atoms with Gasteiger partial charge in [0.2, 0.25) is 5.91 Å². The van der Waals surface area contributed by atoms with Crippen molar-refractivity contribution in [3.63, 3.8) is 0 Å². The van der Waals surface area contributed by atoms with Crippen molar-refractivity contribution in [2.75, 3.05) is 13.6 Å². The Morgan fingerprint density at radius 1 is 0.773 bits per heavy atom. The van der Waals surface area contributed by atoms with E-state index in [0.717, 1.165) is 19.4 Å². The lowest BCUT2D eigenvalue weighted by Gasteiger charge is -2.21. The number of carbonyl (C=O) groups excluding carboxylic acids is 1. The first-order valence-electron chi connectivity index (χ1n) is 9.88. The summed E-state index contributed by atoms with van der Waals surface area (Å²) in [7, 11) is 1.98. The molecule has 0 rings (SSSR count). The summed E-state index contributed by atoms with van der Waals surface area (Å²) in [6, 6.07) is 0. The molecule has 0 N–H and O–H groups in total. The summed E-state index contributed by atoms with van der Waals surface area (Å²) in [5.74, 6) is 0.554. The Morgan fingerprint density at radius 3 is 1.77 bits per heavy atom. The first kappa shape index (κ1) is 21.5. The number of rotatable bonds is 15. The van der Waals surface area contributed by atoms with Gasteiger partial charge in [-0.2, -0.15) is 0 Å². The fourth-order valence-electron chi connectivity index (χ4n) is 2.97. The van der Waals surface area contributed by atoms with Gasteiger partial charge in [-0.15, -0.1) is 0 Å². The van der Waals surface area contributed by atoms with Crippen LogP contribution in [0.5, 0.6) is 0 Å². The largest absolute Gasteiger partial charge is 0.346 e. The summed E-state index contributed by atoms with van der Waals surface area (Å²) in [4.78, 5) is 14.3. The van der Waals surface area contributed by atoms with Gasteiger partial charge in [-0.25, -0.2) is 0 Å². The van der Waals surface area contributed by atoms with Crippen molar-refractivity contribution in [1.29, 1.82) is 0 Å². The topological polar surface area (TPSA) is 20.3 Å². The van der Waals surface area contributed by atoms with Gasteiger partial charge in [-0.05, 0) is 12.8 Å². The standard InChI is InChI=1S/C20H41NO/c1-5-7-9-11-13-15-17-19(3)20(22)21(4)18-16-14-12-10-8-6-2/h19H,5-18H2,1-4H3. The lowest BCUT2D eigenvalue weighted by atomic mass is 10.0. The number of amides is 1. The van der Waals surface area contributed by atoms with Gasteiger partial charge in [-0.1, -0.05) is 91.4 Å². The average molecular weight is 312 g/mol. The van der Waals surface area contributed by atoms with Gasteiger partial charge in [0.1, 0.15) is 0 Å². The highest BCUT2D eigenvalue weighted by atomic mass is 16.2. The third-order valence-corrected chi connectivity index (χ3v) is 4.64. The molecule has 0 saturated carbocycles. The summed E-state index contributed by atoms with van der Waals surface area (Å²) in [5.41, 5.74) is 0. The molecule has 132 valence electrons. The smallest absolute Gasteiger partial charge is 0.225 e. The molecule has 1 unspecified atom stereocenters. The second-order valence-electron chi connectivity index (χ2n) is 6.99. The average Bonchev–Trinajstić information content (AvgIpc) is 2.52. The van der Waals surface area contributed by atoms with Gasteiger partial charge >= 0.3 is 0 Å². The zero-order valence-electron chi connectivity index (χ0n) is 15.8. The molecule has 1 atom stereocenters. The molecule has 0 aliphatic carbocycles. The van der Waals surface area contributed by atoms with Crippen LogP contribution in [0.25, 0.3) is 0 Å². The maximum Gasteiger partial charge on any atom is 0.225 e. The van der Waals surface area contributed by atoms with Crippen molar-refractivity contribution in [2.24, 2.45) is 5.92 Å². The van der Waals surface area contributed by atoms with E-state index in [1.807, 2.05) is 11.9 Å². The van der Waals surface area contributed by atoms with Crippen LogP contribution in [0.1, 0.15) is 104 Å². The van der Waals surface area contributed by atoms with Crippen molar-refractivity contribution in [1.82, 2.24) is 4.90 Å². The first-order valence-corrected chi connectivity index (χ1v) is 9.88. The van der Waals surface area contributed by atoms with Gasteiger partial charge in [0.15, 0.2) is 0 Å². The highest BCUT2D eigenvalue weighted by Crippen LogP contribution is 2.14. The van der Waals surface area contributed by atoms with Gasteiger partial charge in [0.25, 0.3) is 0 Å². The van der Waals surface area contributed by atoms with Crippen LogP contribution in [0.15, 0.2) is 0 Å². The third kappa shape index (κ3) is 12.1. The molecule has 0 bridgehead atoms. The van der Waals surface area contributed by atoms with E-state index < -0.39 is 0 Å². The van der Waals surface area contributed by atoms with Crippen LogP contribution in [0.2, 0.25) is 0 Å². The molecule has 0 radical (unpaired) electrons. The van der Waals surface area contributed by atoms with Crippen molar-refractivity contribution in [3.05, 3.63) is 0 Å². The van der Waals surface area contributed by atoms with Gasteiger partial charge in [0, 0.05) is 19.5 Å². The van der Waals surface area contributed by atoms with E-state index in [-0.39, 0.29) is 5.92 Å². The number of nitrogens with zero attached hydrogens (tertiary/aromatic N) is 1. The van der Waals surface area contributed by atoms with Gasteiger partial charge < -0.3 is 4.90 Å². The monoisotopic (exact) mass is 311 g/mol. The number of unbranched alkanes of at least 4 members (excludes halogenated alkanes) is 10. The summed E-state index contributed by atoms with van der Waals surface area (Å²) in [5, 5.41) is 0. The summed E-state index contributed by atoms with van der Waals surface area (Å²) in [6.45, 7) is 7.54. The molecule has 0 saturated heterocycles. The van der Waals surface area contributed by atoms with E-state index >= 15 is 0 Å². The maximum atomic E-state index is 12.3. The van der Waals surface area contributed by atoms with Crippen LogP contribution in [0.3, 0.4) is 0 Å². The fraction of sp³-hybridized carbons (Fsp3) is 0.950. The van der Waals surface area contributed by atoms with Crippen LogP contribution in [0.4, 0.5) is 0 Å². The van der Waals surface area contributed by atoms with Crippen LogP contribution in [0, 0.1) is 5.92 Å². The maximum absolute atomic E-state index is 12.3. The van der Waals surface area contributed by atoms with E-state index in [1.165, 1.54) is 70.6 Å². The molecule has 0 aromatic carbocycles. The molecular formula is C20H41NO. The van der Waals surface area contributed by atoms with Crippen molar-refractivity contribution in [2.45, 2.75) is 104 Å². The summed E-state index contributed by atoms with van der Waals surface area (Å²) in [6.07, 6.45) is 16.7. The molecule has 2 nitrogen and oxygen atoms in total. The second-order valence-corrected chi connectivity index (χ2v) is 6.99. The van der Waals surface area contributed by atoms with E-state index in [1.54, 1.807) is 0 Å². The van der Waals surface area contributed by atoms with Crippen LogP contribution >= 0.6 is 0 Å². The predicted molar refractivity (Wildman–Crippen MR) is 98.2 cm³/mol. The lowest BCUT2D eigenvalue weighted by molar-refractivity contribution is -0.133. The molecule has 2 heteroatoms. The Morgan fingerprint density at radius 2 is 1.23 bits per heavy atom. The minimum absolute atomic E-state index is 0.205. The van der Waals surface area contributed by atoms with E-state index in [9.17, 15) is 4.79 Å². The van der Waals surface area contributed by atoms with Crippen LogP contribution in [-0.4, -0.2) is 24.4 Å². The Labute approximate surface area is 140 Å². The normalized spacial score (nSPS) is 12.4. The summed E-state index contributed by atoms with van der Waals surface area (Å²) < 4.78 is 0. The Balaban J connectivity index is 3.60. The Hall–Kier alpha value is -0.530. The van der Waals surface area contributed by atoms with Crippen molar-refractivity contribution in [3.8, 4) is 0 Å². The zero-order valence-corrected chi connectivity index (χ0v) is 15.8. The molecule has 1 amide bonds. The number of carbonyl (C=O) groups is 1. The molecule has 22 heavy (non-hydrogen) atoms. The molecule has 0 fully saturated rings. The van der Waals surface area contributed by atoms with Crippen LogP contribution < -0.4 is 0 Å². The highest BCUT2D eigenvalue weighted by Gasteiger charge is 2.16. The van der Waals surface area contributed by atoms with Crippen molar-refractivity contribution >= 4 is 5.91 Å². The van der Waals surface area contributed by atoms with E-state index in [0.29, 0.717) is 5.91 Å². The van der Waals surface area contributed by atoms with Crippen LogP contribution in [-0.2, 0) is 4.79 Å².